The van der Waals surface area contributed by atoms with Crippen LogP contribution in [0.4, 0.5) is 17.8 Å². The van der Waals surface area contributed by atoms with E-state index in [1.54, 1.807) is 36.4 Å². The standard InChI is InChI=1S/C21H23N8O2.C12H17NO.C10H10N7O3S/c22-19-25-20(23-9-8-14-4-6-15(7-5-14)11-16-12-31-13-16)26-21-24-18(27-29(19)21)17-3-1-2-10-28(17)30;13-6-5-10-1-3-11(4-2-10)7-12-8-14-9-12;1-21(19,20)10-13-8(11)17-9(14-10)12-7(15-17)6-4-2-3-5-16(6)18/h1-7,10,16,30H,8-9,11-13H2,(H3,22,23,24,25,26,27);1-4,12H,5-9,13H2;2-5,18H,1H3,(H2,11,12,13,14,15)/q+1;;+1. The molecule has 2 saturated heterocycles. The molecule has 2 aliphatic rings. The molecule has 0 bridgehead atoms. The monoisotopic (exact) mass is 918 g/mol. The van der Waals surface area contributed by atoms with E-state index in [2.05, 4.69) is 93.9 Å². The van der Waals surface area contributed by atoms with Crippen LogP contribution in [0.3, 0.4) is 0 Å². The number of nitrogens with two attached hydrogens (primary N) is 3. The lowest BCUT2D eigenvalue weighted by Crippen LogP contribution is -2.32. The molecule has 0 atom stereocenters. The van der Waals surface area contributed by atoms with E-state index in [1.807, 2.05) is 0 Å². The molecular formula is C43H50N16O6S+2. The molecular weight excluding hydrogens is 869 g/mol. The predicted octanol–water partition coefficient (Wildman–Crippen LogP) is 1.21. The highest BCUT2D eigenvalue weighted by molar-refractivity contribution is 7.90. The number of ether oxygens (including phenoxy) is 2. The number of hydrogen-bond donors (Lipinski definition) is 6. The SMILES string of the molecule is CS(=O)(=O)c1nc(N)n2nc(-c3cccc[n+]3O)nc2n1.NCCc1ccc(CC2COC2)cc1.Nc1nc(NCCc2ccc(CC3COC3)cc2)nc2nc(-c3cccc[n+]3O)nn12. The Labute approximate surface area is 378 Å². The Hall–Kier alpha value is -7.47. The van der Waals surface area contributed by atoms with Crippen molar-refractivity contribution in [3.63, 3.8) is 0 Å². The number of pyridine rings is 2. The van der Waals surface area contributed by atoms with E-state index in [4.69, 9.17) is 26.7 Å². The van der Waals surface area contributed by atoms with Crippen molar-refractivity contribution in [2.24, 2.45) is 17.6 Å². The van der Waals surface area contributed by atoms with Gasteiger partial charge in [0.15, 0.2) is 0 Å². The van der Waals surface area contributed by atoms with Crippen LogP contribution in [0.2, 0.25) is 0 Å². The Morgan fingerprint density at radius 2 is 1.12 bits per heavy atom. The minimum atomic E-state index is -3.62. The van der Waals surface area contributed by atoms with Crippen LogP contribution in [0.15, 0.2) is 102 Å². The molecule has 2 aliphatic heterocycles. The fourth-order valence-corrected chi connectivity index (χ4v) is 7.42. The summed E-state index contributed by atoms with van der Waals surface area (Å²) >= 11 is 0. The lowest BCUT2D eigenvalue weighted by molar-refractivity contribution is -0.896. The molecule has 0 radical (unpaired) electrons. The maximum Gasteiger partial charge on any atom is 0.303 e. The fourth-order valence-electron chi connectivity index (χ4n) is 6.92. The minimum Gasteiger partial charge on any atom is -0.381 e. The van der Waals surface area contributed by atoms with Gasteiger partial charge in [0.25, 0.3) is 28.4 Å². The highest BCUT2D eigenvalue weighted by atomic mass is 32.2. The molecule has 23 heteroatoms. The first-order chi connectivity index (χ1) is 31.9. The number of aromatic nitrogens is 12. The average Bonchev–Trinajstić information content (AvgIpc) is 3.91. The molecule has 0 saturated carbocycles. The zero-order valence-corrected chi connectivity index (χ0v) is 36.8. The Morgan fingerprint density at radius 3 is 1.58 bits per heavy atom. The fraction of sp³-hybridized carbons (Fsp3) is 0.302. The van der Waals surface area contributed by atoms with Gasteiger partial charge in [-0.2, -0.15) is 38.9 Å². The van der Waals surface area contributed by atoms with Gasteiger partial charge in [-0.05, 0) is 66.6 Å². The van der Waals surface area contributed by atoms with E-state index < -0.39 is 15.0 Å². The second kappa shape index (κ2) is 20.1. The van der Waals surface area contributed by atoms with Crippen LogP contribution in [0.1, 0.15) is 22.3 Å². The second-order valence-corrected chi connectivity index (χ2v) is 17.7. The van der Waals surface area contributed by atoms with E-state index in [9.17, 15) is 18.8 Å². The number of hydrogen-bond acceptors (Lipinski definition) is 18. The van der Waals surface area contributed by atoms with E-state index >= 15 is 0 Å². The molecule has 0 unspecified atom stereocenters. The van der Waals surface area contributed by atoms with Crippen molar-refractivity contribution in [3.8, 4) is 23.0 Å². The minimum absolute atomic E-state index is 0.0261. The Morgan fingerprint density at radius 1 is 0.652 bits per heavy atom. The number of nitrogens with one attached hydrogen (secondary N) is 1. The average molecular weight is 919 g/mol. The molecule has 66 heavy (non-hydrogen) atoms. The second-order valence-electron chi connectivity index (χ2n) is 15.8. The summed E-state index contributed by atoms with van der Waals surface area (Å²) in [6.45, 7) is 5.00. The van der Waals surface area contributed by atoms with Crippen LogP contribution in [0.25, 0.3) is 34.6 Å². The molecule has 0 spiro atoms. The number of benzene rings is 2. The quantitative estimate of drug-likeness (QED) is 0.0700. The summed E-state index contributed by atoms with van der Waals surface area (Å²) in [6.07, 6.45) is 7.90. The number of anilines is 3. The summed E-state index contributed by atoms with van der Waals surface area (Å²) in [5.41, 5.74) is 23.2. The van der Waals surface area contributed by atoms with E-state index in [1.165, 1.54) is 39.2 Å². The molecule has 8 heterocycles. The summed E-state index contributed by atoms with van der Waals surface area (Å²) < 4.78 is 37.6. The van der Waals surface area contributed by atoms with Crippen LogP contribution in [0.5, 0.6) is 0 Å². The van der Waals surface area contributed by atoms with Crippen molar-refractivity contribution >= 4 is 39.2 Å². The molecule has 6 aromatic heterocycles. The number of sulfone groups is 1. The topological polar surface area (TPSA) is 303 Å². The van der Waals surface area contributed by atoms with Crippen molar-refractivity contribution < 1.29 is 37.8 Å². The van der Waals surface area contributed by atoms with Crippen molar-refractivity contribution in [1.82, 2.24) is 49.1 Å². The van der Waals surface area contributed by atoms with Crippen LogP contribution in [-0.4, -0.2) is 114 Å². The van der Waals surface area contributed by atoms with Gasteiger partial charge in [0.1, 0.15) is 0 Å². The molecule has 2 fully saturated rings. The Balaban J connectivity index is 0.000000146. The number of nitrogens with zero attached hydrogens (tertiary/aromatic N) is 12. The van der Waals surface area contributed by atoms with Gasteiger partial charge < -0.3 is 32.0 Å². The van der Waals surface area contributed by atoms with Crippen molar-refractivity contribution in [3.05, 3.63) is 120 Å². The van der Waals surface area contributed by atoms with Crippen LogP contribution < -0.4 is 32.0 Å². The largest absolute Gasteiger partial charge is 0.381 e. The van der Waals surface area contributed by atoms with Crippen molar-refractivity contribution in [2.45, 2.75) is 30.8 Å². The lowest BCUT2D eigenvalue weighted by atomic mass is 9.97. The molecule has 342 valence electrons. The molecule has 22 nitrogen and oxygen atoms in total. The highest BCUT2D eigenvalue weighted by Crippen LogP contribution is 2.20. The maximum absolute atomic E-state index is 11.5. The van der Waals surface area contributed by atoms with Gasteiger partial charge in [-0.1, -0.05) is 48.5 Å². The Kier molecular flexibility index (Phi) is 13.8. The van der Waals surface area contributed by atoms with Crippen LogP contribution in [0, 0.1) is 11.8 Å². The van der Waals surface area contributed by atoms with Gasteiger partial charge in [0.2, 0.25) is 40.1 Å². The summed E-state index contributed by atoms with van der Waals surface area (Å²) in [4.78, 5) is 24.5. The third-order valence-corrected chi connectivity index (χ3v) is 11.4. The summed E-state index contributed by atoms with van der Waals surface area (Å²) in [7, 11) is -3.62. The summed E-state index contributed by atoms with van der Waals surface area (Å²) in [6, 6.07) is 27.5. The molecule has 10 rings (SSSR count). The van der Waals surface area contributed by atoms with Gasteiger partial charge in [0.05, 0.1) is 26.4 Å². The predicted molar refractivity (Wildman–Crippen MR) is 239 cm³/mol. The normalized spacial score (nSPS) is 13.8. The smallest absolute Gasteiger partial charge is 0.303 e. The lowest BCUT2D eigenvalue weighted by Gasteiger charge is -2.25. The van der Waals surface area contributed by atoms with Gasteiger partial charge in [-0.3, -0.25) is 10.4 Å². The van der Waals surface area contributed by atoms with E-state index in [0.717, 1.165) is 84.8 Å². The van der Waals surface area contributed by atoms with Crippen molar-refractivity contribution in [1.29, 1.82) is 0 Å². The van der Waals surface area contributed by atoms with Gasteiger partial charge >= 0.3 is 11.4 Å². The first kappa shape index (κ1) is 45.1. The zero-order chi connectivity index (χ0) is 46.2. The summed E-state index contributed by atoms with van der Waals surface area (Å²) in [5.74, 6) is 2.49. The third-order valence-electron chi connectivity index (χ3n) is 10.6. The molecule has 8 aromatic rings. The molecule has 0 amide bonds. The first-order valence-electron chi connectivity index (χ1n) is 21.1. The molecule has 9 N–H and O–H groups in total. The van der Waals surface area contributed by atoms with Gasteiger partial charge in [-0.25, -0.2) is 8.42 Å². The number of rotatable bonds is 13. The number of nitrogen functional groups attached to an aromatic ring is 2. The highest BCUT2D eigenvalue weighted by Gasteiger charge is 2.23. The van der Waals surface area contributed by atoms with Gasteiger partial charge in [0, 0.05) is 58.4 Å². The van der Waals surface area contributed by atoms with Crippen LogP contribution in [-0.2, 0) is 45.0 Å². The first-order valence-corrected chi connectivity index (χ1v) is 23.0. The van der Waals surface area contributed by atoms with E-state index in [0.29, 0.717) is 41.4 Å². The maximum atomic E-state index is 11.5. The molecule has 2 aromatic carbocycles. The Bertz CT molecular complexity index is 3030. The summed E-state index contributed by atoms with van der Waals surface area (Å²) in [5, 5.41) is 30.8. The zero-order valence-electron chi connectivity index (χ0n) is 36.0. The van der Waals surface area contributed by atoms with Gasteiger partial charge in [-0.15, -0.1) is 10.2 Å². The molecule has 0 aliphatic carbocycles. The van der Waals surface area contributed by atoms with Crippen LogP contribution >= 0.6 is 0 Å². The number of fused-ring (bicyclic) bond motifs is 2. The van der Waals surface area contributed by atoms with Crippen molar-refractivity contribution in [2.75, 3.05) is 62.6 Å². The third kappa shape index (κ3) is 11.1. The van der Waals surface area contributed by atoms with E-state index in [-0.39, 0.29) is 23.5 Å².